The zero-order valence-corrected chi connectivity index (χ0v) is 31.9. The minimum Gasteiger partial charge on any atom is -0.456 e. The summed E-state index contributed by atoms with van der Waals surface area (Å²) in [6.45, 7) is 0.391. The van der Waals surface area contributed by atoms with Crippen molar-refractivity contribution < 1.29 is 4.42 Å². The number of fused-ring (bicyclic) bond motifs is 7. The summed E-state index contributed by atoms with van der Waals surface area (Å²) in [4.78, 5) is 10.3. The van der Waals surface area contributed by atoms with E-state index in [2.05, 4.69) is 152 Å². The molecule has 4 nitrogen and oxygen atoms in total. The Morgan fingerprint density at radius 3 is 2.26 bits per heavy atom. The SMILES string of the molecule is N/C(=N\C(C/C=C\c1cccc(-c2ccccc2)c1)=N/Cc1c(-c2ccc3c(c2)sc2ccccc23)ccc2oc3ccccc3c12)c1ccc2ccccc2c1. The number of aliphatic imine (C=N–C) groups is 2. The average molecular weight is 752 g/mol. The summed E-state index contributed by atoms with van der Waals surface area (Å²) in [5.41, 5.74) is 16.2. The molecule has 0 fully saturated rings. The number of para-hydroxylation sites is 1. The first-order valence-corrected chi connectivity index (χ1v) is 20.0. The van der Waals surface area contributed by atoms with Gasteiger partial charge in [-0.15, -0.1) is 11.3 Å². The number of nitrogens with zero attached hydrogens (tertiary/aromatic N) is 2. The highest BCUT2D eigenvalue weighted by Crippen LogP contribution is 2.41. The molecular formula is C52H37N3OS. The molecule has 10 rings (SSSR count). The molecule has 0 amide bonds. The second-order valence-electron chi connectivity index (χ2n) is 14.3. The van der Waals surface area contributed by atoms with Crippen LogP contribution in [-0.2, 0) is 6.54 Å². The van der Waals surface area contributed by atoms with E-state index in [0.29, 0.717) is 24.6 Å². The van der Waals surface area contributed by atoms with E-state index < -0.39 is 0 Å². The van der Waals surface area contributed by atoms with E-state index in [1.54, 1.807) is 0 Å². The van der Waals surface area contributed by atoms with E-state index in [0.717, 1.165) is 60.5 Å². The van der Waals surface area contributed by atoms with Crippen LogP contribution in [0.5, 0.6) is 0 Å². The maximum atomic E-state index is 6.81. The number of thiophene rings is 1. The zero-order chi connectivity index (χ0) is 38.1. The van der Waals surface area contributed by atoms with E-state index in [4.69, 9.17) is 20.1 Å². The van der Waals surface area contributed by atoms with Crippen LogP contribution in [0.2, 0.25) is 0 Å². The molecule has 0 spiro atoms. The Bertz CT molecular complexity index is 3200. The van der Waals surface area contributed by atoms with Crippen LogP contribution in [0.1, 0.15) is 23.1 Å². The molecule has 0 bridgehead atoms. The van der Waals surface area contributed by atoms with Gasteiger partial charge in [0.2, 0.25) is 0 Å². The molecule has 0 unspecified atom stereocenters. The number of benzene rings is 8. The van der Waals surface area contributed by atoms with Crippen LogP contribution < -0.4 is 5.73 Å². The Morgan fingerprint density at radius 2 is 1.35 bits per heavy atom. The van der Waals surface area contributed by atoms with Crippen molar-refractivity contribution in [3.05, 3.63) is 199 Å². The fourth-order valence-electron chi connectivity index (χ4n) is 7.84. The first kappa shape index (κ1) is 34.4. The lowest BCUT2D eigenvalue weighted by atomic mass is 9.94. The highest BCUT2D eigenvalue weighted by molar-refractivity contribution is 7.25. The predicted octanol–water partition coefficient (Wildman–Crippen LogP) is 13.8. The van der Waals surface area contributed by atoms with E-state index >= 15 is 0 Å². The summed E-state index contributed by atoms with van der Waals surface area (Å²) < 4.78 is 8.96. The molecule has 2 aromatic heterocycles. The summed E-state index contributed by atoms with van der Waals surface area (Å²) in [6, 6.07) is 61.5. The van der Waals surface area contributed by atoms with Crippen molar-refractivity contribution in [2.75, 3.05) is 0 Å². The van der Waals surface area contributed by atoms with Gasteiger partial charge in [-0.25, -0.2) is 4.99 Å². The van der Waals surface area contributed by atoms with Crippen molar-refractivity contribution >= 4 is 82.0 Å². The Morgan fingerprint density at radius 1 is 0.579 bits per heavy atom. The third-order valence-corrected chi connectivity index (χ3v) is 11.8. The summed E-state index contributed by atoms with van der Waals surface area (Å²) >= 11 is 1.83. The monoisotopic (exact) mass is 751 g/mol. The van der Waals surface area contributed by atoms with Gasteiger partial charge in [-0.1, -0.05) is 152 Å². The van der Waals surface area contributed by atoms with Crippen LogP contribution in [-0.4, -0.2) is 11.7 Å². The minimum absolute atomic E-state index is 0.391. The maximum absolute atomic E-state index is 6.81. The van der Waals surface area contributed by atoms with Crippen molar-refractivity contribution in [2.45, 2.75) is 13.0 Å². The Hall–Kier alpha value is -7.08. The molecule has 5 heteroatoms. The smallest absolute Gasteiger partial charge is 0.135 e. The van der Waals surface area contributed by atoms with Gasteiger partial charge in [0.1, 0.15) is 22.8 Å². The molecule has 0 aliphatic carbocycles. The summed E-state index contributed by atoms with van der Waals surface area (Å²) in [6.07, 6.45) is 4.76. The number of hydrogen-bond acceptors (Lipinski definition) is 3. The van der Waals surface area contributed by atoms with Gasteiger partial charge in [0, 0.05) is 42.9 Å². The number of rotatable bonds is 8. The number of hydrogen-bond donors (Lipinski definition) is 1. The number of nitrogens with two attached hydrogens (primary N) is 1. The molecule has 0 aliphatic heterocycles. The lowest BCUT2D eigenvalue weighted by Gasteiger charge is -2.11. The molecule has 0 atom stereocenters. The van der Waals surface area contributed by atoms with Gasteiger partial charge in [0.15, 0.2) is 0 Å². The lowest BCUT2D eigenvalue weighted by Crippen LogP contribution is -2.16. The Kier molecular flexibility index (Phi) is 8.98. The zero-order valence-electron chi connectivity index (χ0n) is 31.1. The van der Waals surface area contributed by atoms with E-state index in [-0.39, 0.29) is 0 Å². The van der Waals surface area contributed by atoms with Gasteiger partial charge < -0.3 is 10.2 Å². The first-order valence-electron chi connectivity index (χ1n) is 19.2. The van der Waals surface area contributed by atoms with E-state index in [9.17, 15) is 0 Å². The van der Waals surface area contributed by atoms with Crippen molar-refractivity contribution in [1.82, 2.24) is 0 Å². The highest BCUT2D eigenvalue weighted by Gasteiger charge is 2.17. The standard InChI is InChI=1S/C52H37N3OS/c53-52(40-25-24-36-16-4-5-17-38(36)31-40)55-50(23-11-13-34-12-10-18-37(30-34)35-14-2-1-3-15-35)54-33-45-41(28-29-47-51(45)44-20-6-8-21-46(44)56-47)39-26-27-43-42-19-7-9-22-48(42)57-49(43)32-39/h1-22,24-32H,23,33H2,(H2,53,54,55)/b13-11-. The van der Waals surface area contributed by atoms with Gasteiger partial charge in [0.25, 0.3) is 0 Å². The quantitative estimate of drug-likeness (QED) is 0.124. The van der Waals surface area contributed by atoms with Crippen LogP contribution in [0.4, 0.5) is 0 Å². The van der Waals surface area contributed by atoms with Crippen LogP contribution in [0.25, 0.3) is 81.2 Å². The fraction of sp³-hybridized carbons (Fsp3) is 0.0385. The molecule has 0 aliphatic rings. The summed E-state index contributed by atoms with van der Waals surface area (Å²) in [5, 5.41) is 6.98. The van der Waals surface area contributed by atoms with Gasteiger partial charge in [-0.2, -0.15) is 0 Å². The van der Waals surface area contributed by atoms with E-state index in [1.165, 1.54) is 31.3 Å². The van der Waals surface area contributed by atoms with Gasteiger partial charge in [-0.05, 0) is 80.6 Å². The number of furan rings is 1. The predicted molar refractivity (Wildman–Crippen MR) is 243 cm³/mol. The van der Waals surface area contributed by atoms with Gasteiger partial charge in [-0.3, -0.25) is 4.99 Å². The first-order chi connectivity index (χ1) is 28.1. The second kappa shape index (κ2) is 14.9. The summed E-state index contributed by atoms with van der Waals surface area (Å²) in [5.74, 6) is 1.08. The number of amidine groups is 2. The summed E-state index contributed by atoms with van der Waals surface area (Å²) in [7, 11) is 0. The van der Waals surface area contributed by atoms with Gasteiger partial charge in [0.05, 0.1) is 6.54 Å². The third kappa shape index (κ3) is 6.79. The normalized spacial score (nSPS) is 12.6. The molecule has 0 saturated heterocycles. The third-order valence-electron chi connectivity index (χ3n) is 10.7. The molecule has 2 N–H and O–H groups in total. The van der Waals surface area contributed by atoms with Crippen LogP contribution in [0.3, 0.4) is 0 Å². The fourth-order valence-corrected chi connectivity index (χ4v) is 8.98. The van der Waals surface area contributed by atoms with Crippen molar-refractivity contribution in [3.63, 3.8) is 0 Å². The maximum Gasteiger partial charge on any atom is 0.135 e. The molecule has 0 radical (unpaired) electrons. The Labute approximate surface area is 334 Å². The van der Waals surface area contributed by atoms with E-state index in [1.807, 2.05) is 47.7 Å². The van der Waals surface area contributed by atoms with Crippen LogP contribution >= 0.6 is 11.3 Å². The molecule has 0 saturated carbocycles. The van der Waals surface area contributed by atoms with Gasteiger partial charge >= 0.3 is 0 Å². The highest BCUT2D eigenvalue weighted by atomic mass is 32.1. The van der Waals surface area contributed by atoms with Crippen LogP contribution in [0.15, 0.2) is 196 Å². The molecule has 57 heavy (non-hydrogen) atoms. The topological polar surface area (TPSA) is 63.9 Å². The van der Waals surface area contributed by atoms with Crippen molar-refractivity contribution in [1.29, 1.82) is 0 Å². The molecule has 8 aromatic carbocycles. The Balaban J connectivity index is 1.08. The largest absolute Gasteiger partial charge is 0.456 e. The van der Waals surface area contributed by atoms with Crippen LogP contribution in [0, 0.1) is 0 Å². The molecule has 2 heterocycles. The molecular weight excluding hydrogens is 715 g/mol. The minimum atomic E-state index is 0.391. The lowest BCUT2D eigenvalue weighted by molar-refractivity contribution is 0.668. The molecule has 272 valence electrons. The van der Waals surface area contributed by atoms with Crippen molar-refractivity contribution in [3.8, 4) is 22.3 Å². The average Bonchev–Trinajstić information content (AvgIpc) is 3.84. The second-order valence-corrected chi connectivity index (χ2v) is 15.3. The molecule has 10 aromatic rings. The van der Waals surface area contributed by atoms with Crippen molar-refractivity contribution in [2.24, 2.45) is 15.7 Å².